The van der Waals surface area contributed by atoms with Gasteiger partial charge in [-0.05, 0) is 63.9 Å². The van der Waals surface area contributed by atoms with E-state index in [2.05, 4.69) is 57.1 Å². The molecule has 1 aromatic rings. The second kappa shape index (κ2) is 5.71. The summed E-state index contributed by atoms with van der Waals surface area (Å²) < 4.78 is 0. The van der Waals surface area contributed by atoms with Crippen LogP contribution in [0.4, 0.5) is 0 Å². The zero-order valence-electron chi connectivity index (χ0n) is 12.2. The van der Waals surface area contributed by atoms with Crippen molar-refractivity contribution in [1.82, 2.24) is 4.90 Å². The van der Waals surface area contributed by atoms with Crippen LogP contribution in [0.25, 0.3) is 6.08 Å². The fourth-order valence-electron chi connectivity index (χ4n) is 2.85. The molecule has 0 aliphatic heterocycles. The molecule has 1 atom stereocenters. The molecule has 1 unspecified atom stereocenters. The van der Waals surface area contributed by atoms with Gasteiger partial charge in [-0.15, -0.1) is 0 Å². The standard InChI is InChI=1S/C17H25N/c1-13-9-10-15(11-14(13)2)12-16-7-5-6-8-17(16)18(3)4/h9-12,17H,5-8H2,1-4H3/b16-12-. The van der Waals surface area contributed by atoms with Gasteiger partial charge in [-0.2, -0.15) is 0 Å². The Balaban J connectivity index is 2.26. The van der Waals surface area contributed by atoms with Crippen LogP contribution >= 0.6 is 0 Å². The molecule has 0 radical (unpaired) electrons. The highest BCUT2D eigenvalue weighted by molar-refractivity contribution is 5.56. The average Bonchev–Trinajstić information content (AvgIpc) is 2.34. The maximum Gasteiger partial charge on any atom is 0.0304 e. The first-order valence-electron chi connectivity index (χ1n) is 7.02. The average molecular weight is 243 g/mol. The third kappa shape index (κ3) is 3.02. The summed E-state index contributed by atoms with van der Waals surface area (Å²) in [6, 6.07) is 7.43. The van der Waals surface area contributed by atoms with Crippen molar-refractivity contribution < 1.29 is 0 Å². The van der Waals surface area contributed by atoms with Crippen LogP contribution in [0.5, 0.6) is 0 Å². The molecule has 1 fully saturated rings. The molecule has 0 bridgehead atoms. The highest BCUT2D eigenvalue weighted by atomic mass is 15.1. The van der Waals surface area contributed by atoms with Gasteiger partial charge >= 0.3 is 0 Å². The van der Waals surface area contributed by atoms with Crippen LogP contribution in [0.15, 0.2) is 23.8 Å². The first-order chi connectivity index (χ1) is 8.58. The van der Waals surface area contributed by atoms with Crippen molar-refractivity contribution in [3.63, 3.8) is 0 Å². The first-order valence-corrected chi connectivity index (χ1v) is 7.02. The maximum absolute atomic E-state index is 2.41. The van der Waals surface area contributed by atoms with E-state index in [0.717, 1.165) is 0 Å². The Kier molecular flexibility index (Phi) is 4.23. The van der Waals surface area contributed by atoms with Crippen molar-refractivity contribution in [3.05, 3.63) is 40.5 Å². The summed E-state index contributed by atoms with van der Waals surface area (Å²) >= 11 is 0. The minimum Gasteiger partial charge on any atom is -0.303 e. The lowest BCUT2D eigenvalue weighted by molar-refractivity contribution is 0.285. The Bertz CT molecular complexity index is 443. The van der Waals surface area contributed by atoms with Crippen molar-refractivity contribution in [2.75, 3.05) is 14.1 Å². The Morgan fingerprint density at radius 1 is 1.11 bits per heavy atom. The van der Waals surface area contributed by atoms with E-state index in [4.69, 9.17) is 0 Å². The van der Waals surface area contributed by atoms with Gasteiger partial charge in [0.05, 0.1) is 0 Å². The van der Waals surface area contributed by atoms with Gasteiger partial charge in [0, 0.05) is 6.04 Å². The van der Waals surface area contributed by atoms with E-state index in [-0.39, 0.29) is 0 Å². The zero-order chi connectivity index (χ0) is 13.1. The number of hydrogen-bond acceptors (Lipinski definition) is 1. The van der Waals surface area contributed by atoms with E-state index in [1.807, 2.05) is 0 Å². The normalized spacial score (nSPS) is 22.7. The van der Waals surface area contributed by atoms with Crippen LogP contribution in [0.1, 0.15) is 42.4 Å². The Labute approximate surface area is 112 Å². The van der Waals surface area contributed by atoms with Crippen LogP contribution < -0.4 is 0 Å². The molecule has 0 amide bonds. The fourth-order valence-corrected chi connectivity index (χ4v) is 2.85. The van der Waals surface area contributed by atoms with Gasteiger partial charge in [-0.25, -0.2) is 0 Å². The quantitative estimate of drug-likeness (QED) is 0.753. The number of nitrogens with zero attached hydrogens (tertiary/aromatic N) is 1. The Morgan fingerprint density at radius 3 is 2.56 bits per heavy atom. The lowest BCUT2D eigenvalue weighted by Gasteiger charge is -2.31. The molecule has 18 heavy (non-hydrogen) atoms. The summed E-state index contributed by atoms with van der Waals surface area (Å²) in [5.74, 6) is 0. The van der Waals surface area contributed by atoms with Crippen molar-refractivity contribution in [3.8, 4) is 0 Å². The second-order valence-electron chi connectivity index (χ2n) is 5.79. The van der Waals surface area contributed by atoms with E-state index >= 15 is 0 Å². The molecule has 98 valence electrons. The fraction of sp³-hybridized carbons (Fsp3) is 0.529. The topological polar surface area (TPSA) is 3.24 Å². The summed E-state index contributed by atoms with van der Waals surface area (Å²) in [7, 11) is 4.40. The predicted octanol–water partition coefficient (Wildman–Crippen LogP) is 4.19. The molecule has 0 heterocycles. The van der Waals surface area contributed by atoms with Crippen LogP contribution in [-0.2, 0) is 0 Å². The van der Waals surface area contributed by atoms with Crippen LogP contribution in [0.3, 0.4) is 0 Å². The van der Waals surface area contributed by atoms with Crippen LogP contribution in [0.2, 0.25) is 0 Å². The zero-order valence-corrected chi connectivity index (χ0v) is 12.2. The molecule has 0 saturated heterocycles. The highest BCUT2D eigenvalue weighted by Crippen LogP contribution is 2.28. The van der Waals surface area contributed by atoms with E-state index in [1.54, 1.807) is 5.57 Å². The summed E-state index contributed by atoms with van der Waals surface area (Å²) in [5, 5.41) is 0. The summed E-state index contributed by atoms with van der Waals surface area (Å²) in [6.07, 6.45) is 7.70. The van der Waals surface area contributed by atoms with E-state index < -0.39 is 0 Å². The third-order valence-electron chi connectivity index (χ3n) is 4.13. The van der Waals surface area contributed by atoms with Gasteiger partial charge < -0.3 is 4.90 Å². The molecule has 0 spiro atoms. The predicted molar refractivity (Wildman–Crippen MR) is 79.8 cm³/mol. The lowest BCUT2D eigenvalue weighted by atomic mass is 9.87. The highest BCUT2D eigenvalue weighted by Gasteiger charge is 2.20. The SMILES string of the molecule is Cc1ccc(/C=C2/CCCCC2N(C)C)cc1C. The number of benzene rings is 1. The van der Waals surface area contributed by atoms with Gasteiger partial charge in [0.1, 0.15) is 0 Å². The van der Waals surface area contributed by atoms with Crippen molar-refractivity contribution in [2.24, 2.45) is 0 Å². The monoisotopic (exact) mass is 243 g/mol. The van der Waals surface area contributed by atoms with Gasteiger partial charge in [-0.3, -0.25) is 0 Å². The summed E-state index contributed by atoms with van der Waals surface area (Å²) in [5.41, 5.74) is 5.74. The van der Waals surface area contributed by atoms with Crippen LogP contribution in [-0.4, -0.2) is 25.0 Å². The number of hydrogen-bond donors (Lipinski definition) is 0. The van der Waals surface area contributed by atoms with E-state index in [9.17, 15) is 0 Å². The van der Waals surface area contributed by atoms with Crippen LogP contribution in [0, 0.1) is 13.8 Å². The summed E-state index contributed by atoms with van der Waals surface area (Å²) in [6.45, 7) is 4.37. The number of aryl methyl sites for hydroxylation is 2. The number of likely N-dealkylation sites (N-methyl/N-ethyl adjacent to an activating group) is 1. The minimum absolute atomic E-state index is 0.639. The molecule has 0 N–H and O–H groups in total. The molecule has 1 nitrogen and oxygen atoms in total. The smallest absolute Gasteiger partial charge is 0.0304 e. The molecular formula is C17H25N. The van der Waals surface area contributed by atoms with Crippen molar-refractivity contribution in [1.29, 1.82) is 0 Å². The van der Waals surface area contributed by atoms with Gasteiger partial charge in [0.15, 0.2) is 0 Å². The van der Waals surface area contributed by atoms with Crippen molar-refractivity contribution in [2.45, 2.75) is 45.6 Å². The second-order valence-corrected chi connectivity index (χ2v) is 5.79. The van der Waals surface area contributed by atoms with Gasteiger partial charge in [0.2, 0.25) is 0 Å². The molecule has 2 rings (SSSR count). The minimum atomic E-state index is 0.639. The molecule has 1 aliphatic carbocycles. The molecular weight excluding hydrogens is 218 g/mol. The lowest BCUT2D eigenvalue weighted by Crippen LogP contribution is -2.31. The first kappa shape index (κ1) is 13.4. The molecule has 0 aromatic heterocycles. The molecule has 1 aromatic carbocycles. The van der Waals surface area contributed by atoms with Gasteiger partial charge in [0.25, 0.3) is 0 Å². The van der Waals surface area contributed by atoms with E-state index in [1.165, 1.54) is 42.4 Å². The molecule has 1 heteroatoms. The largest absolute Gasteiger partial charge is 0.303 e. The summed E-state index contributed by atoms with van der Waals surface area (Å²) in [4.78, 5) is 2.37. The third-order valence-corrected chi connectivity index (χ3v) is 4.13. The maximum atomic E-state index is 2.41. The van der Waals surface area contributed by atoms with Crippen molar-refractivity contribution >= 4 is 6.08 Å². The molecule has 1 saturated carbocycles. The van der Waals surface area contributed by atoms with Gasteiger partial charge in [-0.1, -0.05) is 36.3 Å². The van der Waals surface area contributed by atoms with E-state index in [0.29, 0.717) is 6.04 Å². The Hall–Kier alpha value is -1.08. The molecule has 1 aliphatic rings. The number of rotatable bonds is 2. The Morgan fingerprint density at radius 2 is 1.89 bits per heavy atom.